The van der Waals surface area contributed by atoms with E-state index in [1.165, 1.54) is 0 Å². The van der Waals surface area contributed by atoms with Gasteiger partial charge in [-0.2, -0.15) is 5.10 Å². The zero-order valence-electron chi connectivity index (χ0n) is 15.3. The molecule has 9 heteroatoms. The van der Waals surface area contributed by atoms with Crippen molar-refractivity contribution in [1.82, 2.24) is 25.1 Å². The highest BCUT2D eigenvalue weighted by Crippen LogP contribution is 2.23. The molecule has 0 aliphatic carbocycles. The third-order valence-electron chi connectivity index (χ3n) is 5.10. The standard InChI is InChI=1S/C19H20N6O3/c26-18(15-10-14(22-23-15)17-2-1-7-28-17)25-4-3-13-11-20-19(21-16(13)12-25)24-5-8-27-9-6-24/h1-2,7,10-11H,3-6,8-9,12H2,(H,22,23). The molecule has 1 N–H and O–H groups in total. The SMILES string of the molecule is O=C(c1cc(-c2ccco2)[nH]n1)N1CCc2cnc(N3CCOCC3)nc2C1. The normalized spacial score (nSPS) is 16.9. The third-order valence-corrected chi connectivity index (χ3v) is 5.10. The van der Waals surface area contributed by atoms with Gasteiger partial charge in [0, 0.05) is 31.9 Å². The molecule has 0 saturated carbocycles. The van der Waals surface area contributed by atoms with E-state index in [-0.39, 0.29) is 5.91 Å². The summed E-state index contributed by atoms with van der Waals surface area (Å²) in [5, 5.41) is 7.03. The van der Waals surface area contributed by atoms with Crippen molar-refractivity contribution in [3.8, 4) is 11.5 Å². The Labute approximate surface area is 161 Å². The van der Waals surface area contributed by atoms with Gasteiger partial charge in [-0.3, -0.25) is 9.89 Å². The Morgan fingerprint density at radius 2 is 2.11 bits per heavy atom. The first-order chi connectivity index (χ1) is 13.8. The molecule has 2 aliphatic rings. The molecule has 0 aromatic carbocycles. The van der Waals surface area contributed by atoms with Gasteiger partial charge in [0.2, 0.25) is 5.95 Å². The number of carbonyl (C=O) groups excluding carboxylic acids is 1. The van der Waals surface area contributed by atoms with Crippen molar-refractivity contribution in [2.24, 2.45) is 0 Å². The molecular weight excluding hydrogens is 360 g/mol. The Morgan fingerprint density at radius 3 is 2.93 bits per heavy atom. The number of aromatic amines is 1. The van der Waals surface area contributed by atoms with E-state index in [0.717, 1.165) is 30.8 Å². The van der Waals surface area contributed by atoms with Gasteiger partial charge in [0.25, 0.3) is 5.91 Å². The van der Waals surface area contributed by atoms with E-state index in [1.54, 1.807) is 23.3 Å². The van der Waals surface area contributed by atoms with E-state index in [9.17, 15) is 4.79 Å². The highest BCUT2D eigenvalue weighted by Gasteiger charge is 2.26. The third kappa shape index (κ3) is 3.13. The van der Waals surface area contributed by atoms with Crippen LogP contribution < -0.4 is 4.90 Å². The molecule has 2 aliphatic heterocycles. The smallest absolute Gasteiger partial charge is 0.274 e. The van der Waals surface area contributed by atoms with Gasteiger partial charge in [-0.05, 0) is 24.1 Å². The van der Waals surface area contributed by atoms with Gasteiger partial charge in [0.1, 0.15) is 5.69 Å². The predicted molar refractivity (Wildman–Crippen MR) is 99.8 cm³/mol. The van der Waals surface area contributed by atoms with Crippen LogP contribution >= 0.6 is 0 Å². The van der Waals surface area contributed by atoms with Crippen molar-refractivity contribution in [1.29, 1.82) is 0 Å². The summed E-state index contributed by atoms with van der Waals surface area (Å²) in [5.74, 6) is 1.24. The van der Waals surface area contributed by atoms with E-state index >= 15 is 0 Å². The number of morpholine rings is 1. The first-order valence-electron chi connectivity index (χ1n) is 9.34. The van der Waals surface area contributed by atoms with Gasteiger partial charge >= 0.3 is 0 Å². The summed E-state index contributed by atoms with van der Waals surface area (Å²) in [4.78, 5) is 26.1. The Bertz CT molecular complexity index is 977. The fourth-order valence-corrected chi connectivity index (χ4v) is 3.53. The maximum atomic E-state index is 12.9. The summed E-state index contributed by atoms with van der Waals surface area (Å²) in [6, 6.07) is 5.34. The van der Waals surface area contributed by atoms with Gasteiger partial charge in [-0.1, -0.05) is 0 Å². The molecule has 9 nitrogen and oxygen atoms in total. The lowest BCUT2D eigenvalue weighted by atomic mass is 10.1. The summed E-state index contributed by atoms with van der Waals surface area (Å²) in [7, 11) is 0. The van der Waals surface area contributed by atoms with Gasteiger partial charge in [-0.15, -0.1) is 0 Å². The summed E-state index contributed by atoms with van der Waals surface area (Å²) >= 11 is 0. The number of fused-ring (bicyclic) bond motifs is 1. The maximum Gasteiger partial charge on any atom is 0.274 e. The highest BCUT2D eigenvalue weighted by atomic mass is 16.5. The molecule has 28 heavy (non-hydrogen) atoms. The van der Waals surface area contributed by atoms with Crippen LogP contribution in [0.5, 0.6) is 0 Å². The van der Waals surface area contributed by atoms with Crippen LogP contribution in [-0.2, 0) is 17.7 Å². The lowest BCUT2D eigenvalue weighted by Gasteiger charge is -2.30. The molecule has 0 atom stereocenters. The second kappa shape index (κ2) is 7.08. The van der Waals surface area contributed by atoms with E-state index < -0.39 is 0 Å². The molecule has 1 amide bonds. The first kappa shape index (κ1) is 16.9. The minimum absolute atomic E-state index is 0.119. The van der Waals surface area contributed by atoms with Crippen LogP contribution in [0.15, 0.2) is 35.1 Å². The Balaban J connectivity index is 1.34. The maximum absolute atomic E-state index is 12.9. The van der Waals surface area contributed by atoms with Crippen molar-refractivity contribution in [2.45, 2.75) is 13.0 Å². The van der Waals surface area contributed by atoms with Crippen LogP contribution in [0.2, 0.25) is 0 Å². The van der Waals surface area contributed by atoms with E-state index in [1.807, 2.05) is 12.3 Å². The van der Waals surface area contributed by atoms with Gasteiger partial charge in [-0.25, -0.2) is 9.97 Å². The zero-order valence-corrected chi connectivity index (χ0v) is 15.3. The molecule has 1 fully saturated rings. The molecule has 0 unspecified atom stereocenters. The number of aromatic nitrogens is 4. The quantitative estimate of drug-likeness (QED) is 0.735. The number of hydrogen-bond donors (Lipinski definition) is 1. The van der Waals surface area contributed by atoms with E-state index in [4.69, 9.17) is 14.1 Å². The number of furan rings is 1. The van der Waals surface area contributed by atoms with Crippen LogP contribution in [0.1, 0.15) is 21.7 Å². The first-order valence-corrected chi connectivity index (χ1v) is 9.34. The number of ether oxygens (including phenoxy) is 1. The van der Waals surface area contributed by atoms with Crippen molar-refractivity contribution in [3.05, 3.63) is 47.6 Å². The largest absolute Gasteiger partial charge is 0.463 e. The second-order valence-corrected chi connectivity index (χ2v) is 6.86. The topological polar surface area (TPSA) is 100 Å². The Kier molecular flexibility index (Phi) is 4.28. The molecule has 3 aromatic rings. The lowest BCUT2D eigenvalue weighted by Crippen LogP contribution is -2.39. The number of rotatable bonds is 3. The summed E-state index contributed by atoms with van der Waals surface area (Å²) in [6.45, 7) is 4.00. The van der Waals surface area contributed by atoms with Crippen LogP contribution in [0, 0.1) is 0 Å². The molecular formula is C19H20N6O3. The minimum atomic E-state index is -0.119. The average molecular weight is 380 g/mol. The second-order valence-electron chi connectivity index (χ2n) is 6.86. The molecule has 5 heterocycles. The number of H-pyrrole nitrogens is 1. The van der Waals surface area contributed by atoms with Crippen molar-refractivity contribution in [3.63, 3.8) is 0 Å². The predicted octanol–water partition coefficient (Wildman–Crippen LogP) is 1.49. The number of hydrogen-bond acceptors (Lipinski definition) is 7. The highest BCUT2D eigenvalue weighted by molar-refractivity contribution is 5.93. The van der Waals surface area contributed by atoms with Crippen LogP contribution in [0.25, 0.3) is 11.5 Å². The molecule has 0 spiro atoms. The van der Waals surface area contributed by atoms with Gasteiger partial charge in [0.05, 0.1) is 31.7 Å². The monoisotopic (exact) mass is 380 g/mol. The Morgan fingerprint density at radius 1 is 1.21 bits per heavy atom. The zero-order chi connectivity index (χ0) is 18.9. The number of anilines is 1. The summed E-state index contributed by atoms with van der Waals surface area (Å²) in [6.07, 6.45) is 4.21. The fraction of sp³-hybridized carbons (Fsp3) is 0.368. The summed E-state index contributed by atoms with van der Waals surface area (Å²) in [5.41, 5.74) is 3.05. The number of nitrogens with zero attached hydrogens (tertiary/aromatic N) is 5. The Hall–Kier alpha value is -3.20. The van der Waals surface area contributed by atoms with Gasteiger partial charge < -0.3 is 19.0 Å². The number of amides is 1. The molecule has 1 saturated heterocycles. The molecule has 5 rings (SSSR count). The van der Waals surface area contributed by atoms with Crippen LogP contribution in [0.4, 0.5) is 5.95 Å². The molecule has 0 radical (unpaired) electrons. The molecule has 3 aromatic heterocycles. The summed E-state index contributed by atoms with van der Waals surface area (Å²) < 4.78 is 10.7. The van der Waals surface area contributed by atoms with E-state index in [0.29, 0.717) is 49.4 Å². The number of nitrogens with one attached hydrogen (secondary N) is 1. The van der Waals surface area contributed by atoms with Crippen molar-refractivity contribution in [2.75, 3.05) is 37.7 Å². The average Bonchev–Trinajstić information content (AvgIpc) is 3.45. The van der Waals surface area contributed by atoms with E-state index in [2.05, 4.69) is 20.1 Å². The molecule has 144 valence electrons. The minimum Gasteiger partial charge on any atom is -0.463 e. The van der Waals surface area contributed by atoms with Crippen molar-refractivity contribution >= 4 is 11.9 Å². The van der Waals surface area contributed by atoms with Crippen molar-refractivity contribution < 1.29 is 13.9 Å². The fourth-order valence-electron chi connectivity index (χ4n) is 3.53. The number of carbonyl (C=O) groups is 1. The van der Waals surface area contributed by atoms with Crippen LogP contribution in [-0.4, -0.2) is 63.8 Å². The lowest BCUT2D eigenvalue weighted by molar-refractivity contribution is 0.0725. The van der Waals surface area contributed by atoms with Gasteiger partial charge in [0.15, 0.2) is 11.5 Å². The van der Waals surface area contributed by atoms with Crippen LogP contribution in [0.3, 0.4) is 0 Å². The molecule has 0 bridgehead atoms.